The van der Waals surface area contributed by atoms with Crippen LogP contribution in [0, 0.1) is 0 Å². The minimum Gasteiger partial charge on any atom is -0.480 e. The number of sulfonamides is 1. The molecule has 1 saturated heterocycles. The Balaban J connectivity index is 1.96. The van der Waals surface area contributed by atoms with Crippen molar-refractivity contribution in [1.29, 1.82) is 0 Å². The second-order valence-electron chi connectivity index (χ2n) is 6.78. The van der Waals surface area contributed by atoms with Crippen molar-refractivity contribution in [2.45, 2.75) is 30.6 Å². The number of anilines is 2. The molecule has 1 aliphatic rings. The molecule has 29 heavy (non-hydrogen) atoms. The molecule has 1 fully saturated rings. The van der Waals surface area contributed by atoms with E-state index in [0.717, 1.165) is 38.8 Å². The van der Waals surface area contributed by atoms with Gasteiger partial charge in [-0.2, -0.15) is 4.98 Å². The van der Waals surface area contributed by atoms with Crippen LogP contribution in [0.4, 0.5) is 11.5 Å². The van der Waals surface area contributed by atoms with Crippen molar-refractivity contribution in [1.82, 2.24) is 4.98 Å². The van der Waals surface area contributed by atoms with Crippen LogP contribution in [0.2, 0.25) is 0 Å². The van der Waals surface area contributed by atoms with Crippen molar-refractivity contribution in [2.75, 3.05) is 30.4 Å². The number of rotatable bonds is 5. The minimum absolute atomic E-state index is 0.0721. The summed E-state index contributed by atoms with van der Waals surface area (Å²) < 4.78 is 29.0. The predicted molar refractivity (Wildman–Crippen MR) is 115 cm³/mol. The smallest absolute Gasteiger partial charge is 0.259 e. The summed E-state index contributed by atoms with van der Waals surface area (Å²) >= 11 is 3.39. The van der Waals surface area contributed by atoms with Gasteiger partial charge in [-0.3, -0.25) is 4.79 Å². The summed E-state index contributed by atoms with van der Waals surface area (Å²) in [5.41, 5.74) is 0.705. The zero-order chi connectivity index (χ0) is 21.0. The first-order valence-electron chi connectivity index (χ1n) is 9.23. The monoisotopic (exact) mass is 482 g/mol. The first-order valence-corrected chi connectivity index (χ1v) is 11.6. The highest BCUT2D eigenvalue weighted by molar-refractivity contribution is 9.10. The number of carbonyl (C=O) groups excluding carboxylic acids is 1. The Hall–Kier alpha value is -2.17. The van der Waals surface area contributed by atoms with Crippen LogP contribution in [-0.2, 0) is 10.0 Å². The van der Waals surface area contributed by atoms with E-state index in [1.165, 1.54) is 25.3 Å². The lowest BCUT2D eigenvalue weighted by molar-refractivity contribution is 0.102. The second-order valence-corrected chi connectivity index (χ2v) is 9.19. The van der Waals surface area contributed by atoms with Gasteiger partial charge in [0.15, 0.2) is 0 Å². The standard InChI is InChI=1S/C19H23BrN4O4S/c1-28-19-16(20)12-15(17(23-19)24-9-4-2-3-5-10-24)18(25)22-13-7-6-8-14(11-13)29(21,26)27/h6-8,11-12H,2-5,9-10H2,1H3,(H,22,25)(H2,21,26,27). The van der Waals surface area contributed by atoms with Crippen LogP contribution in [0.15, 0.2) is 39.7 Å². The molecule has 2 aromatic rings. The first kappa shape index (κ1) is 21.5. The number of hydrogen-bond donors (Lipinski definition) is 2. The zero-order valence-corrected chi connectivity index (χ0v) is 18.4. The van der Waals surface area contributed by atoms with Crippen molar-refractivity contribution in [2.24, 2.45) is 5.14 Å². The third kappa shape index (κ3) is 5.26. The molecule has 0 bridgehead atoms. The van der Waals surface area contributed by atoms with Gasteiger partial charge >= 0.3 is 0 Å². The van der Waals surface area contributed by atoms with Gasteiger partial charge in [0.1, 0.15) is 5.82 Å². The number of nitrogens with one attached hydrogen (secondary N) is 1. The number of primary sulfonamides is 1. The molecule has 1 aliphatic heterocycles. The summed E-state index contributed by atoms with van der Waals surface area (Å²) in [7, 11) is -2.34. The van der Waals surface area contributed by atoms with Gasteiger partial charge in [-0.1, -0.05) is 18.9 Å². The molecule has 1 amide bonds. The highest BCUT2D eigenvalue weighted by atomic mass is 79.9. The fourth-order valence-electron chi connectivity index (χ4n) is 3.25. The Morgan fingerprint density at radius 2 is 1.90 bits per heavy atom. The van der Waals surface area contributed by atoms with Crippen molar-refractivity contribution >= 4 is 43.4 Å². The highest BCUT2D eigenvalue weighted by Crippen LogP contribution is 2.31. The molecule has 0 unspecified atom stereocenters. The molecule has 156 valence electrons. The Morgan fingerprint density at radius 3 is 2.52 bits per heavy atom. The maximum Gasteiger partial charge on any atom is 0.259 e. The summed E-state index contributed by atoms with van der Waals surface area (Å²) in [6, 6.07) is 7.49. The number of benzene rings is 1. The second kappa shape index (κ2) is 9.10. The minimum atomic E-state index is -3.87. The number of ether oxygens (including phenoxy) is 1. The van der Waals surface area contributed by atoms with E-state index in [0.29, 0.717) is 27.4 Å². The highest BCUT2D eigenvalue weighted by Gasteiger charge is 2.23. The molecule has 8 nitrogen and oxygen atoms in total. The number of nitrogens with zero attached hydrogens (tertiary/aromatic N) is 2. The molecular weight excluding hydrogens is 460 g/mol. The summed E-state index contributed by atoms with van der Waals surface area (Å²) in [6.07, 6.45) is 4.34. The number of halogens is 1. The number of pyridine rings is 1. The van der Waals surface area contributed by atoms with E-state index in [-0.39, 0.29) is 4.90 Å². The van der Waals surface area contributed by atoms with Crippen molar-refractivity contribution in [3.63, 3.8) is 0 Å². The van der Waals surface area contributed by atoms with Crippen LogP contribution in [0.1, 0.15) is 36.0 Å². The summed E-state index contributed by atoms with van der Waals surface area (Å²) in [5.74, 6) is 0.552. The molecule has 3 rings (SSSR count). The average molecular weight is 483 g/mol. The average Bonchev–Trinajstić information content (AvgIpc) is 2.96. The number of carbonyl (C=O) groups is 1. The maximum absolute atomic E-state index is 13.1. The van der Waals surface area contributed by atoms with Gasteiger partial charge in [0, 0.05) is 18.8 Å². The van der Waals surface area contributed by atoms with E-state index in [4.69, 9.17) is 9.88 Å². The number of methoxy groups -OCH3 is 1. The molecule has 2 heterocycles. The number of hydrogen-bond acceptors (Lipinski definition) is 6. The topological polar surface area (TPSA) is 115 Å². The normalized spacial score (nSPS) is 14.9. The van der Waals surface area contributed by atoms with Crippen molar-refractivity contribution in [3.8, 4) is 5.88 Å². The molecule has 10 heteroatoms. The molecule has 3 N–H and O–H groups in total. The van der Waals surface area contributed by atoms with E-state index < -0.39 is 15.9 Å². The zero-order valence-electron chi connectivity index (χ0n) is 16.0. The number of amides is 1. The van der Waals surface area contributed by atoms with Crippen LogP contribution in [0.25, 0.3) is 0 Å². The lowest BCUT2D eigenvalue weighted by Crippen LogP contribution is -2.28. The van der Waals surface area contributed by atoms with E-state index in [1.807, 2.05) is 0 Å². The summed E-state index contributed by atoms with van der Waals surface area (Å²) in [4.78, 5) is 19.6. The Bertz CT molecular complexity index is 1010. The van der Waals surface area contributed by atoms with Crippen LogP contribution in [0.3, 0.4) is 0 Å². The van der Waals surface area contributed by atoms with Gasteiger partial charge in [0.2, 0.25) is 15.9 Å². The van der Waals surface area contributed by atoms with Gasteiger partial charge < -0.3 is 15.0 Å². The third-order valence-electron chi connectivity index (χ3n) is 4.69. The van der Waals surface area contributed by atoms with Crippen molar-refractivity contribution in [3.05, 3.63) is 40.4 Å². The van der Waals surface area contributed by atoms with Crippen LogP contribution in [-0.4, -0.2) is 39.5 Å². The third-order valence-corrected chi connectivity index (χ3v) is 6.17. The van der Waals surface area contributed by atoms with Gasteiger partial charge in [-0.05, 0) is 53.0 Å². The number of aromatic nitrogens is 1. The molecule has 0 aliphatic carbocycles. The molecule has 0 spiro atoms. The van der Waals surface area contributed by atoms with Gasteiger partial charge in [-0.15, -0.1) is 0 Å². The Labute approximate surface area is 178 Å². The van der Waals surface area contributed by atoms with Crippen LogP contribution < -0.4 is 20.1 Å². The van der Waals surface area contributed by atoms with Crippen LogP contribution >= 0.6 is 15.9 Å². The predicted octanol–water partition coefficient (Wildman–Crippen LogP) is 3.13. The fourth-order valence-corrected chi connectivity index (χ4v) is 4.28. The van der Waals surface area contributed by atoms with Gasteiger partial charge in [0.25, 0.3) is 5.91 Å². The van der Waals surface area contributed by atoms with E-state index in [1.54, 1.807) is 12.1 Å². The van der Waals surface area contributed by atoms with E-state index in [2.05, 4.69) is 31.1 Å². The molecule has 1 aromatic heterocycles. The Kier molecular flexibility index (Phi) is 6.76. The molecule has 0 radical (unpaired) electrons. The van der Waals surface area contributed by atoms with E-state index in [9.17, 15) is 13.2 Å². The molecule has 1 aromatic carbocycles. The summed E-state index contributed by atoms with van der Waals surface area (Å²) in [6.45, 7) is 1.61. The van der Waals surface area contributed by atoms with E-state index >= 15 is 0 Å². The molecular formula is C19H23BrN4O4S. The molecule has 0 saturated carbocycles. The summed E-state index contributed by atoms with van der Waals surface area (Å²) in [5, 5.41) is 7.92. The quantitative estimate of drug-likeness (QED) is 0.676. The Morgan fingerprint density at radius 1 is 1.21 bits per heavy atom. The van der Waals surface area contributed by atoms with Crippen molar-refractivity contribution < 1.29 is 17.9 Å². The largest absolute Gasteiger partial charge is 0.480 e. The fraction of sp³-hybridized carbons (Fsp3) is 0.368. The lowest BCUT2D eigenvalue weighted by Gasteiger charge is -2.24. The van der Waals surface area contributed by atoms with Gasteiger partial charge in [-0.25, -0.2) is 13.6 Å². The number of nitrogens with two attached hydrogens (primary N) is 1. The van der Waals surface area contributed by atoms with Crippen LogP contribution in [0.5, 0.6) is 5.88 Å². The van der Waals surface area contributed by atoms with Gasteiger partial charge in [0.05, 0.1) is 22.0 Å². The first-order chi connectivity index (χ1) is 13.8. The maximum atomic E-state index is 13.1. The molecule has 0 atom stereocenters. The lowest BCUT2D eigenvalue weighted by atomic mass is 10.2. The SMILES string of the molecule is COc1nc(N2CCCCCC2)c(C(=O)Nc2cccc(S(N)(=O)=O)c2)cc1Br.